The number of rotatable bonds is 6. The second kappa shape index (κ2) is 8.49. The zero-order chi connectivity index (χ0) is 22.0. The highest BCUT2D eigenvalue weighted by atomic mass is 16.5. The molecule has 1 unspecified atom stereocenters. The molecular weight excluding hydrogens is 384 g/mol. The molecule has 1 aliphatic heterocycles. The fourth-order valence-electron chi connectivity index (χ4n) is 3.21. The molecule has 1 heterocycles. The Balaban J connectivity index is 1.68. The number of amides is 3. The molecule has 1 atom stereocenters. The van der Waals surface area contributed by atoms with E-state index in [0.717, 1.165) is 16.9 Å². The summed E-state index contributed by atoms with van der Waals surface area (Å²) in [6, 6.07) is 11.3. The van der Waals surface area contributed by atoms with Gasteiger partial charge in [-0.1, -0.05) is 19.1 Å². The van der Waals surface area contributed by atoms with Gasteiger partial charge in [0.1, 0.15) is 0 Å². The maximum absolute atomic E-state index is 12.5. The first kappa shape index (κ1) is 21.2. The quantitative estimate of drug-likeness (QED) is 0.584. The Morgan fingerprint density at radius 2 is 1.60 bits per heavy atom. The third-order valence-electron chi connectivity index (χ3n) is 4.95. The van der Waals surface area contributed by atoms with E-state index >= 15 is 0 Å². The molecule has 1 N–H and O–H groups in total. The highest BCUT2D eigenvalue weighted by molar-refractivity contribution is 6.22. The van der Waals surface area contributed by atoms with Crippen LogP contribution in [0.3, 0.4) is 0 Å². The number of carbonyl (C=O) groups excluding carboxylic acids is 4. The molecule has 0 radical (unpaired) electrons. The maximum Gasteiger partial charge on any atom is 0.338 e. The third kappa shape index (κ3) is 4.10. The van der Waals surface area contributed by atoms with E-state index in [1.165, 1.54) is 25.1 Å². The van der Waals surface area contributed by atoms with Crippen LogP contribution in [-0.2, 0) is 16.0 Å². The van der Waals surface area contributed by atoms with Crippen molar-refractivity contribution in [3.05, 3.63) is 64.7 Å². The molecule has 2 aromatic rings. The smallest absolute Gasteiger partial charge is 0.338 e. The lowest BCUT2D eigenvalue weighted by Crippen LogP contribution is -2.35. The number of nitrogens with zero attached hydrogens (tertiary/aromatic N) is 1. The van der Waals surface area contributed by atoms with E-state index in [9.17, 15) is 19.2 Å². The van der Waals surface area contributed by atoms with Crippen molar-refractivity contribution in [2.24, 2.45) is 0 Å². The van der Waals surface area contributed by atoms with Crippen molar-refractivity contribution in [3.8, 4) is 0 Å². The van der Waals surface area contributed by atoms with Crippen molar-refractivity contribution in [2.45, 2.75) is 46.3 Å². The van der Waals surface area contributed by atoms with Crippen LogP contribution in [0.1, 0.15) is 64.3 Å². The summed E-state index contributed by atoms with van der Waals surface area (Å²) in [5, 5.41) is 2.70. The van der Waals surface area contributed by atoms with E-state index < -0.39 is 23.9 Å². The Morgan fingerprint density at radius 3 is 2.20 bits per heavy atom. The summed E-state index contributed by atoms with van der Waals surface area (Å²) in [6.45, 7) is 6.99. The monoisotopic (exact) mass is 408 g/mol. The fourth-order valence-corrected chi connectivity index (χ4v) is 3.21. The Hall–Kier alpha value is -3.48. The first-order valence-electron chi connectivity index (χ1n) is 9.85. The van der Waals surface area contributed by atoms with Crippen molar-refractivity contribution in [1.29, 1.82) is 0 Å². The predicted octanol–water partition coefficient (Wildman–Crippen LogP) is 3.44. The molecule has 7 nitrogen and oxygen atoms in total. The number of ether oxygens (including phenoxy) is 1. The van der Waals surface area contributed by atoms with E-state index in [1.54, 1.807) is 26.0 Å². The number of aryl methyl sites for hydroxylation is 1. The number of anilines is 1. The second-order valence-corrected chi connectivity index (χ2v) is 7.42. The summed E-state index contributed by atoms with van der Waals surface area (Å²) in [7, 11) is 0. The summed E-state index contributed by atoms with van der Waals surface area (Å²) in [6.07, 6.45) is -0.146. The van der Waals surface area contributed by atoms with Crippen molar-refractivity contribution in [1.82, 2.24) is 4.90 Å². The minimum atomic E-state index is -1.04. The van der Waals surface area contributed by atoms with Crippen LogP contribution in [0.2, 0.25) is 0 Å². The van der Waals surface area contributed by atoms with Gasteiger partial charge in [-0.05, 0) is 63.1 Å². The lowest BCUT2D eigenvalue weighted by atomic mass is 10.1. The number of hydrogen-bond donors (Lipinski definition) is 1. The average molecular weight is 408 g/mol. The number of carbonyl (C=O) groups is 4. The summed E-state index contributed by atoms with van der Waals surface area (Å²) in [5.41, 5.74) is 2.28. The molecule has 0 spiro atoms. The number of fused-ring (bicyclic) bond motifs is 1. The number of imide groups is 1. The van der Waals surface area contributed by atoms with Crippen molar-refractivity contribution in [2.75, 3.05) is 5.32 Å². The van der Waals surface area contributed by atoms with Gasteiger partial charge in [-0.2, -0.15) is 0 Å². The largest absolute Gasteiger partial charge is 0.449 e. The van der Waals surface area contributed by atoms with Crippen LogP contribution < -0.4 is 5.32 Å². The normalized spacial score (nSPS) is 14.0. The summed E-state index contributed by atoms with van der Waals surface area (Å²) in [4.78, 5) is 50.8. The van der Waals surface area contributed by atoms with Gasteiger partial charge in [0.25, 0.3) is 17.7 Å². The van der Waals surface area contributed by atoms with Gasteiger partial charge in [-0.3, -0.25) is 19.3 Å². The Morgan fingerprint density at radius 1 is 0.967 bits per heavy atom. The molecule has 0 aromatic heterocycles. The molecule has 0 bridgehead atoms. The van der Waals surface area contributed by atoms with Crippen LogP contribution in [0, 0.1) is 0 Å². The molecule has 156 valence electrons. The highest BCUT2D eigenvalue weighted by Crippen LogP contribution is 2.26. The lowest BCUT2D eigenvalue weighted by Gasteiger charge is -2.17. The van der Waals surface area contributed by atoms with Crippen LogP contribution in [-0.4, -0.2) is 40.7 Å². The molecule has 0 fully saturated rings. The lowest BCUT2D eigenvalue weighted by molar-refractivity contribution is -0.123. The number of nitrogens with one attached hydrogen (secondary N) is 1. The molecule has 0 aliphatic carbocycles. The molecule has 0 saturated carbocycles. The van der Waals surface area contributed by atoms with Crippen molar-refractivity contribution < 1.29 is 23.9 Å². The number of benzene rings is 2. The van der Waals surface area contributed by atoms with Crippen molar-refractivity contribution in [3.63, 3.8) is 0 Å². The minimum Gasteiger partial charge on any atom is -0.449 e. The molecule has 1 aliphatic rings. The Bertz CT molecular complexity index is 1010. The van der Waals surface area contributed by atoms with Crippen molar-refractivity contribution >= 4 is 29.4 Å². The topological polar surface area (TPSA) is 92.8 Å². The molecule has 0 saturated heterocycles. The SMILES string of the molecule is CCc1ccc(NC(=O)C(C)OC(=O)c2ccc3c(c2)C(=O)N(C(C)C)C3=O)cc1. The first-order chi connectivity index (χ1) is 14.2. The summed E-state index contributed by atoms with van der Waals surface area (Å²) < 4.78 is 5.25. The molecular formula is C23H24N2O5. The predicted molar refractivity (Wildman–Crippen MR) is 111 cm³/mol. The van der Waals surface area contributed by atoms with Crippen LogP contribution in [0.5, 0.6) is 0 Å². The fraction of sp³-hybridized carbons (Fsp3) is 0.304. The van der Waals surface area contributed by atoms with Crippen LogP contribution in [0.4, 0.5) is 5.69 Å². The number of esters is 1. The van der Waals surface area contributed by atoms with Gasteiger partial charge in [0.15, 0.2) is 6.10 Å². The zero-order valence-electron chi connectivity index (χ0n) is 17.4. The summed E-state index contributed by atoms with van der Waals surface area (Å²) in [5.74, 6) is -2.04. The van der Waals surface area contributed by atoms with E-state index in [2.05, 4.69) is 5.32 Å². The van der Waals surface area contributed by atoms with Gasteiger partial charge in [0, 0.05) is 11.7 Å². The number of hydrogen-bond acceptors (Lipinski definition) is 5. The van der Waals surface area contributed by atoms with Crippen LogP contribution >= 0.6 is 0 Å². The van der Waals surface area contributed by atoms with Gasteiger partial charge < -0.3 is 10.1 Å². The van der Waals surface area contributed by atoms with Crippen LogP contribution in [0.25, 0.3) is 0 Å². The maximum atomic E-state index is 12.5. The minimum absolute atomic E-state index is 0.104. The van der Waals surface area contributed by atoms with E-state index in [-0.39, 0.29) is 28.6 Å². The van der Waals surface area contributed by atoms with E-state index in [1.807, 2.05) is 19.1 Å². The van der Waals surface area contributed by atoms with Crippen LogP contribution in [0.15, 0.2) is 42.5 Å². The van der Waals surface area contributed by atoms with E-state index in [0.29, 0.717) is 5.69 Å². The van der Waals surface area contributed by atoms with Gasteiger partial charge in [-0.25, -0.2) is 4.79 Å². The first-order valence-corrected chi connectivity index (χ1v) is 9.85. The summed E-state index contributed by atoms with van der Waals surface area (Å²) >= 11 is 0. The molecule has 30 heavy (non-hydrogen) atoms. The van der Waals surface area contributed by atoms with E-state index in [4.69, 9.17) is 4.74 Å². The third-order valence-corrected chi connectivity index (χ3v) is 4.95. The van der Waals surface area contributed by atoms with Gasteiger partial charge in [0.2, 0.25) is 0 Å². The molecule has 7 heteroatoms. The zero-order valence-corrected chi connectivity index (χ0v) is 17.4. The molecule has 3 rings (SSSR count). The highest BCUT2D eigenvalue weighted by Gasteiger charge is 2.37. The van der Waals surface area contributed by atoms with Gasteiger partial charge in [0.05, 0.1) is 16.7 Å². The molecule has 2 aromatic carbocycles. The standard InChI is InChI=1S/C23H24N2O5/c1-5-15-6-9-17(10-7-15)24-20(26)14(4)30-23(29)16-8-11-18-19(12-16)22(28)25(13(2)3)21(18)27/h6-14H,5H2,1-4H3,(H,24,26). The van der Waals surface area contributed by atoms with Gasteiger partial charge >= 0.3 is 5.97 Å². The second-order valence-electron chi connectivity index (χ2n) is 7.42. The Kier molecular flexibility index (Phi) is 6.01. The van der Waals surface area contributed by atoms with Gasteiger partial charge in [-0.15, -0.1) is 0 Å². The Labute approximate surface area is 175 Å². The average Bonchev–Trinajstić information content (AvgIpc) is 2.98. The molecule has 3 amide bonds.